The molecule has 1 aromatic heterocycles. The number of amides is 2. The van der Waals surface area contributed by atoms with Gasteiger partial charge in [-0.25, -0.2) is 4.90 Å². The highest BCUT2D eigenvalue weighted by atomic mass is 16.3. The van der Waals surface area contributed by atoms with Crippen molar-refractivity contribution in [3.8, 4) is 11.8 Å². The monoisotopic (exact) mass is 298 g/mol. The van der Waals surface area contributed by atoms with Crippen LogP contribution in [0.15, 0.2) is 42.5 Å². The van der Waals surface area contributed by atoms with Crippen LogP contribution in [-0.2, 0) is 9.59 Å². The van der Waals surface area contributed by atoms with Crippen LogP contribution in [0.25, 0.3) is 0 Å². The number of ketones is 1. The summed E-state index contributed by atoms with van der Waals surface area (Å²) in [6, 6.07) is 6.99. The molecule has 0 saturated heterocycles. The first-order chi connectivity index (χ1) is 10.5. The second kappa shape index (κ2) is 4.88. The molecule has 0 saturated carbocycles. The molecule has 0 fully saturated rings. The fourth-order valence-corrected chi connectivity index (χ4v) is 2.20. The third-order valence-corrected chi connectivity index (χ3v) is 3.20. The van der Waals surface area contributed by atoms with Crippen molar-refractivity contribution in [2.75, 3.05) is 4.90 Å². The maximum Gasteiger partial charge on any atom is 0.258 e. The normalized spacial score (nSPS) is 13.9. The summed E-state index contributed by atoms with van der Waals surface area (Å²) in [5.41, 5.74) is 0.316. The molecule has 3 N–H and O–H groups in total. The second-order valence-corrected chi connectivity index (χ2v) is 4.64. The fourth-order valence-electron chi connectivity index (χ4n) is 2.20. The van der Waals surface area contributed by atoms with Crippen molar-refractivity contribution in [2.45, 2.75) is 0 Å². The number of hydrogen-bond acceptors (Lipinski definition) is 5. The van der Waals surface area contributed by atoms with Gasteiger partial charge in [0.15, 0.2) is 11.7 Å². The molecule has 7 heteroatoms. The molecule has 0 atom stereocenters. The third kappa shape index (κ3) is 2.14. The molecule has 0 aliphatic carbocycles. The number of carbonyl (C=O) groups is 3. The average Bonchev–Trinajstić information content (AvgIpc) is 3.00. The summed E-state index contributed by atoms with van der Waals surface area (Å²) in [4.78, 5) is 38.8. The van der Waals surface area contributed by atoms with Gasteiger partial charge >= 0.3 is 0 Å². The van der Waals surface area contributed by atoms with Crippen LogP contribution < -0.4 is 4.90 Å². The minimum absolute atomic E-state index is 0.105. The second-order valence-electron chi connectivity index (χ2n) is 4.64. The standard InChI is InChI=1S/C15H10N2O5/c18-11-7-10(15(22)16-11)14(21)8-2-1-3-9(6-8)17-12(19)4-5-13(17)20/h1-7,16,18,22H. The highest BCUT2D eigenvalue weighted by Crippen LogP contribution is 2.26. The number of aromatic hydroxyl groups is 2. The Morgan fingerprint density at radius 2 is 1.73 bits per heavy atom. The molecule has 1 aliphatic heterocycles. The van der Waals surface area contributed by atoms with Gasteiger partial charge in [0.1, 0.15) is 0 Å². The number of anilines is 1. The SMILES string of the molecule is O=C(c1cccc(N2C(=O)C=CC2=O)c1)c1cc(O)[nH]c1O. The van der Waals surface area contributed by atoms with E-state index in [1.165, 1.54) is 24.3 Å². The summed E-state index contributed by atoms with van der Waals surface area (Å²) in [6.07, 6.45) is 2.29. The van der Waals surface area contributed by atoms with E-state index in [1.807, 2.05) is 0 Å². The first-order valence-corrected chi connectivity index (χ1v) is 6.29. The van der Waals surface area contributed by atoms with Crippen molar-refractivity contribution < 1.29 is 24.6 Å². The molecule has 0 radical (unpaired) electrons. The zero-order valence-electron chi connectivity index (χ0n) is 11.1. The molecule has 110 valence electrons. The number of nitrogens with one attached hydrogen (secondary N) is 1. The molecule has 0 spiro atoms. The summed E-state index contributed by atoms with van der Waals surface area (Å²) < 4.78 is 0. The van der Waals surface area contributed by atoms with Gasteiger partial charge in [-0.2, -0.15) is 0 Å². The highest BCUT2D eigenvalue weighted by Gasteiger charge is 2.26. The zero-order chi connectivity index (χ0) is 15.9. The van der Waals surface area contributed by atoms with E-state index in [1.54, 1.807) is 0 Å². The van der Waals surface area contributed by atoms with Gasteiger partial charge in [0.2, 0.25) is 5.88 Å². The van der Waals surface area contributed by atoms with Crippen molar-refractivity contribution >= 4 is 23.3 Å². The van der Waals surface area contributed by atoms with E-state index in [-0.39, 0.29) is 22.7 Å². The Labute approximate surface area is 124 Å². The van der Waals surface area contributed by atoms with E-state index in [0.29, 0.717) is 0 Å². The maximum atomic E-state index is 12.3. The van der Waals surface area contributed by atoms with Gasteiger partial charge in [0.05, 0.1) is 11.3 Å². The van der Waals surface area contributed by atoms with Crippen LogP contribution in [0, 0.1) is 0 Å². The summed E-state index contributed by atoms with van der Waals surface area (Å²) in [6.45, 7) is 0. The molecular formula is C15H10N2O5. The van der Waals surface area contributed by atoms with Crippen molar-refractivity contribution in [2.24, 2.45) is 0 Å². The average molecular weight is 298 g/mol. The predicted molar refractivity (Wildman–Crippen MR) is 75.6 cm³/mol. The summed E-state index contributed by atoms with van der Waals surface area (Å²) in [7, 11) is 0. The summed E-state index contributed by atoms with van der Waals surface area (Å²) in [5, 5.41) is 18.8. The Morgan fingerprint density at radius 3 is 2.32 bits per heavy atom. The van der Waals surface area contributed by atoms with E-state index in [4.69, 9.17) is 0 Å². The number of rotatable bonds is 3. The van der Waals surface area contributed by atoms with E-state index in [0.717, 1.165) is 23.1 Å². The quantitative estimate of drug-likeness (QED) is 0.580. The van der Waals surface area contributed by atoms with Crippen molar-refractivity contribution in [1.29, 1.82) is 0 Å². The predicted octanol–water partition coefficient (Wildman–Crippen LogP) is 1.09. The third-order valence-electron chi connectivity index (χ3n) is 3.20. The number of aromatic amines is 1. The molecule has 22 heavy (non-hydrogen) atoms. The molecule has 3 rings (SSSR count). The number of carbonyl (C=O) groups excluding carboxylic acids is 3. The van der Waals surface area contributed by atoms with Crippen LogP contribution in [0.5, 0.6) is 11.8 Å². The van der Waals surface area contributed by atoms with Gasteiger partial charge in [0, 0.05) is 23.8 Å². The van der Waals surface area contributed by atoms with Gasteiger partial charge in [-0.15, -0.1) is 0 Å². The molecule has 0 bridgehead atoms. The van der Waals surface area contributed by atoms with Gasteiger partial charge < -0.3 is 10.2 Å². The lowest BCUT2D eigenvalue weighted by molar-refractivity contribution is -0.119. The number of hydrogen-bond donors (Lipinski definition) is 3. The lowest BCUT2D eigenvalue weighted by atomic mass is 10.0. The molecule has 7 nitrogen and oxygen atoms in total. The van der Waals surface area contributed by atoms with Crippen LogP contribution in [0.2, 0.25) is 0 Å². The van der Waals surface area contributed by atoms with E-state index in [2.05, 4.69) is 4.98 Å². The molecular weight excluding hydrogens is 288 g/mol. The lowest BCUT2D eigenvalue weighted by Gasteiger charge is -2.14. The van der Waals surface area contributed by atoms with Crippen LogP contribution >= 0.6 is 0 Å². The minimum atomic E-state index is -0.553. The number of imide groups is 1. The Bertz CT molecular complexity index is 816. The van der Waals surface area contributed by atoms with Crippen LogP contribution in [0.1, 0.15) is 15.9 Å². The topological polar surface area (TPSA) is 111 Å². The molecule has 2 heterocycles. The number of nitrogens with zero attached hydrogens (tertiary/aromatic N) is 1. The molecule has 1 aromatic carbocycles. The van der Waals surface area contributed by atoms with Gasteiger partial charge in [-0.1, -0.05) is 12.1 Å². The van der Waals surface area contributed by atoms with Gasteiger partial charge in [0.25, 0.3) is 11.8 Å². The molecule has 2 aromatic rings. The molecule has 1 aliphatic rings. The van der Waals surface area contributed by atoms with Gasteiger partial charge in [-0.05, 0) is 12.1 Å². The van der Waals surface area contributed by atoms with Crippen LogP contribution in [0.4, 0.5) is 5.69 Å². The van der Waals surface area contributed by atoms with Crippen molar-refractivity contribution in [3.05, 3.63) is 53.6 Å². The van der Waals surface area contributed by atoms with Gasteiger partial charge in [-0.3, -0.25) is 19.4 Å². The number of benzene rings is 1. The van der Waals surface area contributed by atoms with Crippen LogP contribution in [-0.4, -0.2) is 32.8 Å². The number of H-pyrrole nitrogens is 1. The smallest absolute Gasteiger partial charge is 0.258 e. The molecule has 2 amide bonds. The number of aromatic nitrogens is 1. The first kappa shape index (κ1) is 13.6. The van der Waals surface area contributed by atoms with E-state index in [9.17, 15) is 24.6 Å². The molecule has 0 unspecified atom stereocenters. The van der Waals surface area contributed by atoms with Crippen LogP contribution in [0.3, 0.4) is 0 Å². The first-order valence-electron chi connectivity index (χ1n) is 6.29. The largest absolute Gasteiger partial charge is 0.494 e. The summed E-state index contributed by atoms with van der Waals surface area (Å²) >= 11 is 0. The maximum absolute atomic E-state index is 12.3. The van der Waals surface area contributed by atoms with Crippen molar-refractivity contribution in [1.82, 2.24) is 4.98 Å². The highest BCUT2D eigenvalue weighted by molar-refractivity contribution is 6.28. The Kier molecular flexibility index (Phi) is 3.03. The summed E-state index contributed by atoms with van der Waals surface area (Å²) in [5.74, 6) is -2.33. The Morgan fingerprint density at radius 1 is 1.05 bits per heavy atom. The fraction of sp³-hybridized carbons (Fsp3) is 0. The lowest BCUT2D eigenvalue weighted by Crippen LogP contribution is -2.29. The Hall–Kier alpha value is -3.35. The van der Waals surface area contributed by atoms with E-state index < -0.39 is 23.5 Å². The minimum Gasteiger partial charge on any atom is -0.494 e. The Balaban J connectivity index is 1.98. The zero-order valence-corrected chi connectivity index (χ0v) is 11.1. The van der Waals surface area contributed by atoms with E-state index >= 15 is 0 Å². The van der Waals surface area contributed by atoms with Crippen molar-refractivity contribution in [3.63, 3.8) is 0 Å².